The van der Waals surface area contributed by atoms with Crippen molar-refractivity contribution in [1.29, 1.82) is 0 Å². The molecule has 2 aliphatic heterocycles. The van der Waals surface area contributed by atoms with Crippen LogP contribution in [0.2, 0.25) is 0 Å². The molecule has 2 saturated heterocycles. The molecule has 1 saturated carbocycles. The maximum Gasteiger partial charge on any atom is 0.256 e. The fraction of sp³-hybridized carbons (Fsp3) is 0.640. The van der Waals surface area contributed by atoms with E-state index in [1.54, 1.807) is 0 Å². The number of benzene rings is 1. The maximum absolute atomic E-state index is 13.5. The number of anilines is 2. The summed E-state index contributed by atoms with van der Waals surface area (Å²) >= 11 is 0. The number of carbonyl (C=O) groups excluding carboxylic acids is 3. The average Bonchev–Trinajstić information content (AvgIpc) is 2.77. The van der Waals surface area contributed by atoms with E-state index < -0.39 is 0 Å². The fourth-order valence-electron chi connectivity index (χ4n) is 4.59. The highest BCUT2D eigenvalue weighted by atomic mass is 16.5. The molecule has 1 aliphatic carbocycles. The summed E-state index contributed by atoms with van der Waals surface area (Å²) in [4.78, 5) is 44.3. The predicted molar refractivity (Wildman–Crippen MR) is 127 cm³/mol. The number of carbonyl (C=O) groups is 3. The third-order valence-electron chi connectivity index (χ3n) is 6.82. The van der Waals surface area contributed by atoms with Gasteiger partial charge in [0, 0.05) is 63.0 Å². The van der Waals surface area contributed by atoms with E-state index in [0.717, 1.165) is 24.9 Å². The van der Waals surface area contributed by atoms with Crippen LogP contribution in [-0.2, 0) is 14.3 Å². The average molecular weight is 457 g/mol. The first kappa shape index (κ1) is 23.5. The molecule has 0 bridgehead atoms. The van der Waals surface area contributed by atoms with Gasteiger partial charge in [-0.3, -0.25) is 14.4 Å². The van der Waals surface area contributed by atoms with Crippen molar-refractivity contribution in [2.75, 3.05) is 62.7 Å². The number of morpholine rings is 1. The fourth-order valence-corrected chi connectivity index (χ4v) is 4.59. The van der Waals surface area contributed by atoms with Gasteiger partial charge in [0.15, 0.2) is 0 Å². The normalized spacial score (nSPS) is 19.4. The second-order valence-electron chi connectivity index (χ2n) is 9.72. The Kier molecular flexibility index (Phi) is 7.53. The molecule has 2 heterocycles. The summed E-state index contributed by atoms with van der Waals surface area (Å²) in [5, 5.41) is 3.01. The summed E-state index contributed by atoms with van der Waals surface area (Å²) in [5.41, 5.74) is 2.13. The molecule has 180 valence electrons. The Morgan fingerprint density at radius 1 is 1.00 bits per heavy atom. The van der Waals surface area contributed by atoms with Crippen LogP contribution in [0.3, 0.4) is 0 Å². The zero-order chi connectivity index (χ0) is 23.4. The molecule has 0 spiro atoms. The van der Waals surface area contributed by atoms with E-state index in [0.29, 0.717) is 76.1 Å². The van der Waals surface area contributed by atoms with Crippen molar-refractivity contribution in [2.45, 2.75) is 39.5 Å². The molecule has 1 N–H and O–H groups in total. The summed E-state index contributed by atoms with van der Waals surface area (Å²) in [6, 6.07) is 5.65. The van der Waals surface area contributed by atoms with Crippen molar-refractivity contribution < 1.29 is 19.1 Å². The zero-order valence-electron chi connectivity index (χ0n) is 19.8. The maximum atomic E-state index is 13.5. The Hall–Kier alpha value is -2.61. The number of rotatable bonds is 6. The molecule has 3 aliphatic rings. The number of piperazine rings is 1. The molecular weight excluding hydrogens is 420 g/mol. The minimum absolute atomic E-state index is 0.0358. The first-order valence-electron chi connectivity index (χ1n) is 12.3. The van der Waals surface area contributed by atoms with Crippen LogP contribution < -0.4 is 10.2 Å². The molecule has 0 atom stereocenters. The molecule has 33 heavy (non-hydrogen) atoms. The quantitative estimate of drug-likeness (QED) is 0.712. The Labute approximate surface area is 196 Å². The van der Waals surface area contributed by atoms with Crippen molar-refractivity contribution in [3.8, 4) is 0 Å². The van der Waals surface area contributed by atoms with Gasteiger partial charge in [0.1, 0.15) is 0 Å². The molecule has 0 radical (unpaired) electrons. The Morgan fingerprint density at radius 3 is 2.30 bits per heavy atom. The van der Waals surface area contributed by atoms with E-state index >= 15 is 0 Å². The van der Waals surface area contributed by atoms with Crippen LogP contribution in [0.4, 0.5) is 11.4 Å². The van der Waals surface area contributed by atoms with Crippen LogP contribution in [0.15, 0.2) is 18.2 Å². The van der Waals surface area contributed by atoms with Crippen molar-refractivity contribution in [2.24, 2.45) is 11.8 Å². The lowest BCUT2D eigenvalue weighted by molar-refractivity contribution is -0.132. The predicted octanol–water partition coefficient (Wildman–Crippen LogP) is 2.59. The van der Waals surface area contributed by atoms with Crippen molar-refractivity contribution in [3.05, 3.63) is 23.8 Å². The van der Waals surface area contributed by atoms with E-state index in [1.807, 2.05) is 28.0 Å². The molecule has 3 amide bonds. The van der Waals surface area contributed by atoms with Crippen molar-refractivity contribution in [1.82, 2.24) is 9.80 Å². The van der Waals surface area contributed by atoms with Crippen LogP contribution in [-0.4, -0.2) is 80.0 Å². The van der Waals surface area contributed by atoms with Gasteiger partial charge in [-0.1, -0.05) is 20.3 Å². The Balaban J connectivity index is 1.51. The van der Waals surface area contributed by atoms with Gasteiger partial charge in [-0.25, -0.2) is 0 Å². The van der Waals surface area contributed by atoms with Gasteiger partial charge in [0.05, 0.1) is 18.8 Å². The minimum atomic E-state index is -0.0358. The summed E-state index contributed by atoms with van der Waals surface area (Å²) in [5.74, 6) is 0.626. The summed E-state index contributed by atoms with van der Waals surface area (Å²) in [6.45, 7) is 8.98. The third kappa shape index (κ3) is 5.66. The molecular formula is C25H36N4O4. The minimum Gasteiger partial charge on any atom is -0.378 e. The van der Waals surface area contributed by atoms with Crippen LogP contribution >= 0.6 is 0 Å². The SMILES string of the molecule is CC(C)CC(=O)N1CCN(c2ccc(NC(=O)C3CCC3)cc2C(=O)N2CCOCC2)CC1. The standard InChI is InChI=1S/C25H36N4O4/c1-18(2)16-23(30)28-10-8-27(9-11-28)22-7-6-20(26-24(31)19-4-3-5-19)17-21(22)25(32)29-12-14-33-15-13-29/h6-7,17-19H,3-5,8-16H2,1-2H3,(H,26,31). The zero-order valence-corrected chi connectivity index (χ0v) is 19.8. The lowest BCUT2D eigenvalue weighted by Crippen LogP contribution is -2.49. The lowest BCUT2D eigenvalue weighted by atomic mass is 9.85. The van der Waals surface area contributed by atoms with E-state index in [2.05, 4.69) is 24.1 Å². The molecule has 8 nitrogen and oxygen atoms in total. The second kappa shape index (κ2) is 10.5. The molecule has 1 aromatic carbocycles. The summed E-state index contributed by atoms with van der Waals surface area (Å²) < 4.78 is 5.42. The van der Waals surface area contributed by atoms with Crippen molar-refractivity contribution in [3.63, 3.8) is 0 Å². The highest BCUT2D eigenvalue weighted by molar-refractivity contribution is 6.02. The lowest BCUT2D eigenvalue weighted by Gasteiger charge is -2.38. The van der Waals surface area contributed by atoms with Gasteiger partial charge in [0.2, 0.25) is 11.8 Å². The van der Waals surface area contributed by atoms with Crippen molar-refractivity contribution >= 4 is 29.1 Å². The first-order valence-corrected chi connectivity index (χ1v) is 12.3. The number of hydrogen-bond acceptors (Lipinski definition) is 5. The van der Waals surface area contributed by atoms with Gasteiger partial charge < -0.3 is 24.8 Å². The summed E-state index contributed by atoms with van der Waals surface area (Å²) in [6.07, 6.45) is 3.53. The number of amides is 3. The summed E-state index contributed by atoms with van der Waals surface area (Å²) in [7, 11) is 0. The Bertz CT molecular complexity index is 869. The van der Waals surface area contributed by atoms with Gasteiger partial charge in [-0.15, -0.1) is 0 Å². The van der Waals surface area contributed by atoms with E-state index in [9.17, 15) is 14.4 Å². The van der Waals surface area contributed by atoms with E-state index in [1.165, 1.54) is 0 Å². The van der Waals surface area contributed by atoms with Crippen LogP contribution in [0.25, 0.3) is 0 Å². The smallest absolute Gasteiger partial charge is 0.256 e. The second-order valence-corrected chi connectivity index (χ2v) is 9.72. The monoisotopic (exact) mass is 456 g/mol. The van der Waals surface area contributed by atoms with Gasteiger partial charge in [-0.2, -0.15) is 0 Å². The number of hydrogen-bond donors (Lipinski definition) is 1. The Morgan fingerprint density at radius 2 is 1.70 bits per heavy atom. The molecule has 0 aromatic heterocycles. The van der Waals surface area contributed by atoms with Crippen LogP contribution in [0, 0.1) is 11.8 Å². The van der Waals surface area contributed by atoms with E-state index in [-0.39, 0.29) is 23.6 Å². The van der Waals surface area contributed by atoms with E-state index in [4.69, 9.17) is 4.74 Å². The molecule has 3 fully saturated rings. The van der Waals surface area contributed by atoms with Crippen LogP contribution in [0.5, 0.6) is 0 Å². The molecule has 1 aromatic rings. The number of ether oxygens (including phenoxy) is 1. The largest absolute Gasteiger partial charge is 0.378 e. The third-order valence-corrected chi connectivity index (χ3v) is 6.82. The highest BCUT2D eigenvalue weighted by Gasteiger charge is 2.29. The van der Waals surface area contributed by atoms with Gasteiger partial charge in [-0.05, 0) is 37.0 Å². The van der Waals surface area contributed by atoms with Gasteiger partial charge >= 0.3 is 0 Å². The highest BCUT2D eigenvalue weighted by Crippen LogP contribution is 2.30. The number of nitrogens with zero attached hydrogens (tertiary/aromatic N) is 3. The molecule has 4 rings (SSSR count). The first-order chi connectivity index (χ1) is 15.9. The number of nitrogens with one attached hydrogen (secondary N) is 1. The van der Waals surface area contributed by atoms with Gasteiger partial charge in [0.25, 0.3) is 5.91 Å². The molecule has 8 heteroatoms. The van der Waals surface area contributed by atoms with Crippen LogP contribution in [0.1, 0.15) is 49.9 Å². The molecule has 0 unspecified atom stereocenters. The topological polar surface area (TPSA) is 82.2 Å².